The van der Waals surface area contributed by atoms with Gasteiger partial charge in [0.2, 0.25) is 0 Å². The minimum absolute atomic E-state index is 0.362. The largest absolute Gasteiger partial charge is 0.380 e. The highest BCUT2D eigenvalue weighted by Gasteiger charge is 2.06. The molecule has 1 heterocycles. The highest BCUT2D eigenvalue weighted by atomic mass is 35.5. The summed E-state index contributed by atoms with van der Waals surface area (Å²) in [6.45, 7) is 4.19. The normalized spacial score (nSPS) is 12.2. The van der Waals surface area contributed by atoms with Gasteiger partial charge >= 0.3 is 0 Å². The molecule has 1 atom stereocenters. The topological polar surface area (TPSA) is 24.9 Å². The lowest BCUT2D eigenvalue weighted by Gasteiger charge is -2.16. The van der Waals surface area contributed by atoms with Gasteiger partial charge in [-0.1, -0.05) is 41.9 Å². The number of aromatic nitrogens is 1. The van der Waals surface area contributed by atoms with Crippen molar-refractivity contribution in [3.05, 3.63) is 58.9 Å². The van der Waals surface area contributed by atoms with Gasteiger partial charge in [-0.3, -0.25) is 0 Å². The van der Waals surface area contributed by atoms with Crippen molar-refractivity contribution >= 4 is 17.3 Å². The highest BCUT2D eigenvalue weighted by Crippen LogP contribution is 2.21. The van der Waals surface area contributed by atoms with Crippen molar-refractivity contribution in [3.63, 3.8) is 0 Å². The minimum atomic E-state index is 0.362. The summed E-state index contributed by atoms with van der Waals surface area (Å²) in [7, 11) is 0. The Labute approximate surface area is 119 Å². The monoisotopic (exact) mass is 274 g/mol. The number of benzene rings is 1. The Bertz CT molecular complexity index is 526. The number of anilines is 1. The Kier molecular flexibility index (Phi) is 4.80. The Balaban J connectivity index is 1.90. The molecule has 0 amide bonds. The summed E-state index contributed by atoms with van der Waals surface area (Å²) in [6.07, 6.45) is 3.91. The van der Waals surface area contributed by atoms with E-state index in [-0.39, 0.29) is 0 Å². The summed E-state index contributed by atoms with van der Waals surface area (Å²) in [5.41, 5.74) is 3.40. The van der Waals surface area contributed by atoms with Crippen LogP contribution < -0.4 is 5.32 Å². The van der Waals surface area contributed by atoms with E-state index in [0.29, 0.717) is 11.2 Å². The Morgan fingerprint density at radius 2 is 2.00 bits per heavy atom. The smallest absolute Gasteiger partial charge is 0.152 e. The van der Waals surface area contributed by atoms with Gasteiger partial charge in [-0.05, 0) is 43.9 Å². The molecule has 0 bridgehead atoms. The van der Waals surface area contributed by atoms with Gasteiger partial charge in [0.15, 0.2) is 5.15 Å². The summed E-state index contributed by atoms with van der Waals surface area (Å²) in [5, 5.41) is 3.97. The van der Waals surface area contributed by atoms with Gasteiger partial charge in [-0.25, -0.2) is 4.98 Å². The molecule has 19 heavy (non-hydrogen) atoms. The molecule has 0 spiro atoms. The molecule has 3 heteroatoms. The lowest BCUT2D eigenvalue weighted by atomic mass is 10.1. The maximum absolute atomic E-state index is 6.08. The maximum atomic E-state index is 6.08. The third kappa shape index (κ3) is 4.25. The number of nitrogens with one attached hydrogen (secondary N) is 1. The SMILES string of the molecule is Cc1cnc(Cl)c(NC(C)CCc2ccccc2)c1. The summed E-state index contributed by atoms with van der Waals surface area (Å²) in [4.78, 5) is 4.15. The van der Waals surface area contributed by atoms with E-state index in [9.17, 15) is 0 Å². The van der Waals surface area contributed by atoms with E-state index < -0.39 is 0 Å². The Morgan fingerprint density at radius 1 is 1.26 bits per heavy atom. The molecule has 0 aliphatic carbocycles. The van der Waals surface area contributed by atoms with Crippen LogP contribution in [-0.2, 0) is 6.42 Å². The van der Waals surface area contributed by atoms with Gasteiger partial charge in [0, 0.05) is 12.2 Å². The zero-order valence-corrected chi connectivity index (χ0v) is 12.1. The zero-order valence-electron chi connectivity index (χ0n) is 11.4. The van der Waals surface area contributed by atoms with Crippen molar-refractivity contribution in [2.24, 2.45) is 0 Å². The van der Waals surface area contributed by atoms with E-state index in [2.05, 4.69) is 41.5 Å². The average molecular weight is 275 g/mol. The first-order valence-electron chi connectivity index (χ1n) is 6.58. The van der Waals surface area contributed by atoms with Crippen molar-refractivity contribution in [1.82, 2.24) is 4.98 Å². The van der Waals surface area contributed by atoms with Crippen LogP contribution in [0.5, 0.6) is 0 Å². The fourth-order valence-corrected chi connectivity index (χ4v) is 2.18. The van der Waals surface area contributed by atoms with Crippen LogP contribution >= 0.6 is 11.6 Å². The van der Waals surface area contributed by atoms with E-state index in [0.717, 1.165) is 24.1 Å². The first kappa shape index (κ1) is 13.9. The molecule has 0 radical (unpaired) electrons. The maximum Gasteiger partial charge on any atom is 0.152 e. The van der Waals surface area contributed by atoms with Crippen molar-refractivity contribution < 1.29 is 0 Å². The van der Waals surface area contributed by atoms with Crippen molar-refractivity contribution in [2.75, 3.05) is 5.32 Å². The van der Waals surface area contributed by atoms with Crippen LogP contribution in [-0.4, -0.2) is 11.0 Å². The molecule has 0 fully saturated rings. The third-order valence-electron chi connectivity index (χ3n) is 3.09. The lowest BCUT2D eigenvalue weighted by molar-refractivity contribution is 0.705. The van der Waals surface area contributed by atoms with E-state index >= 15 is 0 Å². The second-order valence-electron chi connectivity index (χ2n) is 4.92. The van der Waals surface area contributed by atoms with Crippen LogP contribution in [0, 0.1) is 6.92 Å². The van der Waals surface area contributed by atoms with Crippen LogP contribution in [0.3, 0.4) is 0 Å². The van der Waals surface area contributed by atoms with Gasteiger partial charge in [0.1, 0.15) is 0 Å². The highest BCUT2D eigenvalue weighted by molar-refractivity contribution is 6.31. The number of hydrogen-bond donors (Lipinski definition) is 1. The summed E-state index contributed by atoms with van der Waals surface area (Å²) < 4.78 is 0. The van der Waals surface area contributed by atoms with Gasteiger partial charge in [0.05, 0.1) is 5.69 Å². The van der Waals surface area contributed by atoms with E-state index in [1.165, 1.54) is 5.56 Å². The molecule has 1 aromatic heterocycles. The molecule has 1 aromatic carbocycles. The number of nitrogens with zero attached hydrogens (tertiary/aromatic N) is 1. The number of pyridine rings is 1. The summed E-state index contributed by atoms with van der Waals surface area (Å²) in [5.74, 6) is 0. The summed E-state index contributed by atoms with van der Waals surface area (Å²) >= 11 is 6.08. The average Bonchev–Trinajstić information content (AvgIpc) is 2.42. The van der Waals surface area contributed by atoms with Crippen LogP contribution in [0.25, 0.3) is 0 Å². The van der Waals surface area contributed by atoms with Gasteiger partial charge in [-0.2, -0.15) is 0 Å². The third-order valence-corrected chi connectivity index (χ3v) is 3.39. The van der Waals surface area contributed by atoms with E-state index in [1.54, 1.807) is 6.20 Å². The van der Waals surface area contributed by atoms with Crippen molar-refractivity contribution in [3.8, 4) is 0 Å². The molecule has 1 unspecified atom stereocenters. The van der Waals surface area contributed by atoms with Crippen LogP contribution in [0.15, 0.2) is 42.6 Å². The quantitative estimate of drug-likeness (QED) is 0.814. The molecule has 2 aromatic rings. The first-order chi connectivity index (χ1) is 9.15. The van der Waals surface area contributed by atoms with E-state index in [4.69, 9.17) is 11.6 Å². The van der Waals surface area contributed by atoms with Crippen molar-refractivity contribution in [2.45, 2.75) is 32.7 Å². The predicted octanol–water partition coefficient (Wildman–Crippen LogP) is 4.48. The molecule has 0 saturated carbocycles. The van der Waals surface area contributed by atoms with Crippen LogP contribution in [0.4, 0.5) is 5.69 Å². The number of rotatable bonds is 5. The number of hydrogen-bond acceptors (Lipinski definition) is 2. The molecular formula is C16H19ClN2. The first-order valence-corrected chi connectivity index (χ1v) is 6.95. The van der Waals surface area contributed by atoms with Gasteiger partial charge in [-0.15, -0.1) is 0 Å². The molecule has 2 rings (SSSR count). The molecular weight excluding hydrogens is 256 g/mol. The molecule has 0 aliphatic heterocycles. The predicted molar refractivity (Wildman–Crippen MR) is 81.8 cm³/mol. The van der Waals surface area contributed by atoms with Crippen LogP contribution in [0.1, 0.15) is 24.5 Å². The Hall–Kier alpha value is -1.54. The lowest BCUT2D eigenvalue weighted by Crippen LogP contribution is -2.16. The van der Waals surface area contributed by atoms with E-state index in [1.807, 2.05) is 19.1 Å². The summed E-state index contributed by atoms with van der Waals surface area (Å²) in [6, 6.07) is 12.9. The Morgan fingerprint density at radius 3 is 2.74 bits per heavy atom. The number of halogens is 1. The number of aryl methyl sites for hydroxylation is 2. The van der Waals surface area contributed by atoms with Crippen molar-refractivity contribution in [1.29, 1.82) is 0 Å². The van der Waals surface area contributed by atoms with Gasteiger partial charge in [0.25, 0.3) is 0 Å². The molecule has 100 valence electrons. The minimum Gasteiger partial charge on any atom is -0.380 e. The zero-order chi connectivity index (χ0) is 13.7. The second-order valence-corrected chi connectivity index (χ2v) is 5.28. The molecule has 2 nitrogen and oxygen atoms in total. The van der Waals surface area contributed by atoms with Gasteiger partial charge < -0.3 is 5.32 Å². The fraction of sp³-hybridized carbons (Fsp3) is 0.312. The molecule has 0 saturated heterocycles. The standard InChI is InChI=1S/C16H19ClN2/c1-12-10-15(16(17)18-11-12)19-13(2)8-9-14-6-4-3-5-7-14/h3-7,10-11,13,19H,8-9H2,1-2H3. The van der Waals surface area contributed by atoms with Crippen LogP contribution in [0.2, 0.25) is 5.15 Å². The fourth-order valence-electron chi connectivity index (χ4n) is 2.02. The second kappa shape index (κ2) is 6.58. The molecule has 0 aliphatic rings. The molecule has 1 N–H and O–H groups in total.